The third-order valence-corrected chi connectivity index (χ3v) is 2.12. The normalized spacial score (nSPS) is 11.2. The Bertz CT molecular complexity index is 449. The predicted molar refractivity (Wildman–Crippen MR) is 61.6 cm³/mol. The van der Waals surface area contributed by atoms with Gasteiger partial charge in [-0.2, -0.15) is 0 Å². The summed E-state index contributed by atoms with van der Waals surface area (Å²) < 4.78 is 39.7. The lowest BCUT2D eigenvalue weighted by atomic mass is 10.1. The van der Waals surface area contributed by atoms with Crippen molar-refractivity contribution < 1.29 is 27.8 Å². The van der Waals surface area contributed by atoms with Crippen LogP contribution in [0.2, 0.25) is 0 Å². The van der Waals surface area contributed by atoms with Crippen molar-refractivity contribution in [1.82, 2.24) is 5.32 Å². The van der Waals surface area contributed by atoms with Gasteiger partial charge in [-0.15, -0.1) is 13.2 Å². The number of hydrogen-bond donors (Lipinski definition) is 3. The minimum Gasteiger partial charge on any atom is -0.404 e. The van der Waals surface area contributed by atoms with Gasteiger partial charge in [0, 0.05) is 18.7 Å². The number of ether oxygens (including phenoxy) is 1. The van der Waals surface area contributed by atoms with E-state index in [0.29, 0.717) is 6.42 Å². The molecule has 0 saturated heterocycles. The average Bonchev–Trinajstić information content (AvgIpc) is 2.30. The van der Waals surface area contributed by atoms with Gasteiger partial charge in [-0.05, 0) is 24.6 Å². The molecule has 0 radical (unpaired) electrons. The smallest absolute Gasteiger partial charge is 0.404 e. The monoisotopic (exact) mass is 278 g/mol. The Balaban J connectivity index is 2.73. The fraction of sp³-hybridized carbons (Fsp3) is 0.364. The zero-order valence-electron chi connectivity index (χ0n) is 9.83. The summed E-state index contributed by atoms with van der Waals surface area (Å²) in [6.45, 7) is 0.191. The van der Waals surface area contributed by atoms with Gasteiger partial charge >= 0.3 is 6.36 Å². The summed E-state index contributed by atoms with van der Waals surface area (Å²) >= 11 is 0. The lowest BCUT2D eigenvalue weighted by Crippen LogP contribution is -2.25. The van der Waals surface area contributed by atoms with Crippen LogP contribution in [0.5, 0.6) is 5.75 Å². The number of aliphatic hydroxyl groups is 1. The molecule has 4 N–H and O–H groups in total. The molecule has 0 bridgehead atoms. The van der Waals surface area contributed by atoms with Gasteiger partial charge in [-0.1, -0.05) is 0 Å². The zero-order chi connectivity index (χ0) is 14.5. The van der Waals surface area contributed by atoms with Crippen molar-refractivity contribution in [2.75, 3.05) is 18.9 Å². The molecule has 0 aliphatic carbocycles. The number of amides is 1. The summed E-state index contributed by atoms with van der Waals surface area (Å²) in [5.41, 5.74) is 5.21. The summed E-state index contributed by atoms with van der Waals surface area (Å²) in [6.07, 6.45) is -4.45. The second kappa shape index (κ2) is 6.28. The minimum absolute atomic E-state index is 0.0687. The molecule has 19 heavy (non-hydrogen) atoms. The zero-order valence-corrected chi connectivity index (χ0v) is 9.83. The average molecular weight is 278 g/mol. The Labute approximate surface area is 107 Å². The van der Waals surface area contributed by atoms with Crippen LogP contribution in [0.15, 0.2) is 18.2 Å². The van der Waals surface area contributed by atoms with Crippen molar-refractivity contribution in [2.24, 2.45) is 0 Å². The number of nitrogens with two attached hydrogens (primary N) is 1. The number of nitrogens with one attached hydrogen (secondary N) is 1. The quantitative estimate of drug-likeness (QED) is 0.559. The Morgan fingerprint density at radius 3 is 2.63 bits per heavy atom. The number of carbonyl (C=O) groups is 1. The molecule has 0 spiro atoms. The summed E-state index contributed by atoms with van der Waals surface area (Å²) in [5, 5.41) is 11.0. The fourth-order valence-corrected chi connectivity index (χ4v) is 1.29. The van der Waals surface area contributed by atoms with Gasteiger partial charge in [-0.25, -0.2) is 0 Å². The summed E-state index contributed by atoms with van der Waals surface area (Å²) in [7, 11) is 0. The first-order valence-corrected chi connectivity index (χ1v) is 5.38. The van der Waals surface area contributed by atoms with Crippen molar-refractivity contribution >= 4 is 11.6 Å². The minimum atomic E-state index is -4.83. The molecule has 5 nitrogen and oxygen atoms in total. The van der Waals surface area contributed by atoms with Gasteiger partial charge in [0.15, 0.2) is 5.75 Å². The van der Waals surface area contributed by atoms with Crippen LogP contribution >= 0.6 is 0 Å². The van der Waals surface area contributed by atoms with E-state index in [0.717, 1.165) is 12.1 Å². The van der Waals surface area contributed by atoms with Crippen LogP contribution in [0, 0.1) is 0 Å². The second-order valence-corrected chi connectivity index (χ2v) is 3.63. The van der Waals surface area contributed by atoms with Gasteiger partial charge in [0.2, 0.25) is 0 Å². The van der Waals surface area contributed by atoms with Gasteiger partial charge in [0.1, 0.15) is 0 Å². The Morgan fingerprint density at radius 1 is 1.42 bits per heavy atom. The molecular weight excluding hydrogens is 265 g/mol. The van der Waals surface area contributed by atoms with Gasteiger partial charge in [0.25, 0.3) is 5.91 Å². The lowest BCUT2D eigenvalue weighted by molar-refractivity contribution is -0.274. The molecule has 0 aliphatic rings. The maximum absolute atomic E-state index is 12.0. The molecule has 0 heterocycles. The van der Waals surface area contributed by atoms with Crippen molar-refractivity contribution in [3.05, 3.63) is 23.8 Å². The first kappa shape index (κ1) is 15.1. The highest BCUT2D eigenvalue weighted by atomic mass is 19.4. The number of benzene rings is 1. The summed E-state index contributed by atoms with van der Waals surface area (Å²) in [5.74, 6) is -1.04. The standard InChI is InChI=1S/C11H13F3N2O3/c12-11(13,14)19-9-3-2-7(6-8(9)15)10(18)16-4-1-5-17/h2-3,6,17H,1,4-5,15H2,(H,16,18). The van der Waals surface area contributed by atoms with Crippen LogP contribution in [-0.4, -0.2) is 30.5 Å². The largest absolute Gasteiger partial charge is 0.573 e. The first-order chi connectivity index (χ1) is 8.83. The highest BCUT2D eigenvalue weighted by Crippen LogP contribution is 2.28. The van der Waals surface area contributed by atoms with Crippen LogP contribution < -0.4 is 15.8 Å². The van der Waals surface area contributed by atoms with Gasteiger partial charge < -0.3 is 20.9 Å². The van der Waals surface area contributed by atoms with E-state index in [4.69, 9.17) is 10.8 Å². The van der Waals surface area contributed by atoms with E-state index in [2.05, 4.69) is 10.1 Å². The van der Waals surface area contributed by atoms with E-state index < -0.39 is 18.0 Å². The van der Waals surface area contributed by atoms with E-state index in [1.807, 2.05) is 0 Å². The molecule has 0 aliphatic heterocycles. The highest BCUT2D eigenvalue weighted by molar-refractivity contribution is 5.95. The summed E-state index contributed by atoms with van der Waals surface area (Å²) in [6, 6.07) is 3.24. The topological polar surface area (TPSA) is 84.6 Å². The number of alkyl halides is 3. The first-order valence-electron chi connectivity index (χ1n) is 5.38. The Kier molecular flexibility index (Phi) is 4.99. The molecule has 0 unspecified atom stereocenters. The maximum atomic E-state index is 12.0. The van der Waals surface area contributed by atoms with Crippen molar-refractivity contribution in [2.45, 2.75) is 12.8 Å². The van der Waals surface area contributed by atoms with Crippen LogP contribution in [0.4, 0.5) is 18.9 Å². The molecule has 1 amide bonds. The molecular formula is C11H13F3N2O3. The lowest BCUT2D eigenvalue weighted by Gasteiger charge is -2.12. The summed E-state index contributed by atoms with van der Waals surface area (Å²) in [4.78, 5) is 11.6. The maximum Gasteiger partial charge on any atom is 0.573 e. The van der Waals surface area contributed by atoms with E-state index >= 15 is 0 Å². The number of aliphatic hydroxyl groups excluding tert-OH is 1. The molecule has 1 aromatic rings. The predicted octanol–water partition coefficient (Wildman–Crippen LogP) is 1.28. The number of carbonyl (C=O) groups excluding carboxylic acids is 1. The number of hydrogen-bond acceptors (Lipinski definition) is 4. The molecule has 8 heteroatoms. The van der Waals surface area contributed by atoms with Crippen LogP contribution in [0.25, 0.3) is 0 Å². The van der Waals surface area contributed by atoms with Crippen LogP contribution in [0.3, 0.4) is 0 Å². The molecule has 1 aromatic carbocycles. The fourth-order valence-electron chi connectivity index (χ4n) is 1.29. The highest BCUT2D eigenvalue weighted by Gasteiger charge is 2.32. The van der Waals surface area contributed by atoms with Crippen molar-refractivity contribution in [1.29, 1.82) is 0 Å². The molecule has 106 valence electrons. The molecule has 1 rings (SSSR count). The van der Waals surface area contributed by atoms with Crippen molar-refractivity contribution in [3.63, 3.8) is 0 Å². The number of nitrogen functional groups attached to an aromatic ring is 1. The third kappa shape index (κ3) is 5.04. The molecule has 0 saturated carbocycles. The third-order valence-electron chi connectivity index (χ3n) is 2.12. The number of anilines is 1. The van der Waals surface area contributed by atoms with Crippen LogP contribution in [-0.2, 0) is 0 Å². The molecule has 0 aromatic heterocycles. The van der Waals surface area contributed by atoms with E-state index in [9.17, 15) is 18.0 Å². The Hall–Kier alpha value is -1.96. The Morgan fingerprint density at radius 2 is 2.11 bits per heavy atom. The van der Waals surface area contributed by atoms with Crippen LogP contribution in [0.1, 0.15) is 16.8 Å². The van der Waals surface area contributed by atoms with E-state index in [-0.39, 0.29) is 24.4 Å². The number of halogens is 3. The number of rotatable bonds is 5. The second-order valence-electron chi connectivity index (χ2n) is 3.63. The van der Waals surface area contributed by atoms with Gasteiger partial charge in [0.05, 0.1) is 5.69 Å². The molecule has 0 atom stereocenters. The van der Waals surface area contributed by atoms with Gasteiger partial charge in [-0.3, -0.25) is 4.79 Å². The SMILES string of the molecule is Nc1cc(C(=O)NCCCO)ccc1OC(F)(F)F. The van der Waals surface area contributed by atoms with E-state index in [1.165, 1.54) is 6.07 Å². The van der Waals surface area contributed by atoms with E-state index in [1.54, 1.807) is 0 Å². The molecule has 0 fully saturated rings. The van der Waals surface area contributed by atoms with Crippen molar-refractivity contribution in [3.8, 4) is 5.75 Å².